The SMILES string of the molecule is Cc1ccc(C)c2sc(N(Cc3cccnc3)C(=O)Cc3ccc4ccccc4c3)nc12. The second-order valence-electron chi connectivity index (χ2n) is 8.07. The van der Waals surface area contributed by atoms with Gasteiger partial charge in [0.2, 0.25) is 5.91 Å². The Morgan fingerprint density at radius 3 is 2.50 bits per heavy atom. The molecule has 5 rings (SSSR count). The number of nitrogens with zero attached hydrogens (tertiary/aromatic N) is 3. The summed E-state index contributed by atoms with van der Waals surface area (Å²) in [6.07, 6.45) is 3.87. The van der Waals surface area contributed by atoms with Crippen molar-refractivity contribution in [1.29, 1.82) is 0 Å². The molecule has 0 saturated heterocycles. The second kappa shape index (κ2) is 8.52. The minimum Gasteiger partial charge on any atom is -0.283 e. The summed E-state index contributed by atoms with van der Waals surface area (Å²) in [4.78, 5) is 24.5. The van der Waals surface area contributed by atoms with Crippen LogP contribution < -0.4 is 4.90 Å². The van der Waals surface area contributed by atoms with E-state index < -0.39 is 0 Å². The molecule has 4 nitrogen and oxygen atoms in total. The quantitative estimate of drug-likeness (QED) is 0.327. The maximum absolute atomic E-state index is 13.6. The summed E-state index contributed by atoms with van der Waals surface area (Å²) in [6.45, 7) is 4.60. The minimum atomic E-state index is 0.0264. The summed E-state index contributed by atoms with van der Waals surface area (Å²) in [5.41, 5.74) is 5.25. The molecule has 0 fully saturated rings. The maximum Gasteiger partial charge on any atom is 0.233 e. The van der Waals surface area contributed by atoms with Gasteiger partial charge in [-0.2, -0.15) is 0 Å². The number of anilines is 1. The van der Waals surface area contributed by atoms with E-state index in [0.29, 0.717) is 13.0 Å². The lowest BCUT2D eigenvalue weighted by Crippen LogP contribution is -2.31. The first-order chi connectivity index (χ1) is 15.6. The number of amides is 1. The highest BCUT2D eigenvalue weighted by Crippen LogP contribution is 2.34. The van der Waals surface area contributed by atoms with E-state index in [1.165, 1.54) is 10.9 Å². The van der Waals surface area contributed by atoms with Crippen LogP contribution in [0.2, 0.25) is 0 Å². The van der Waals surface area contributed by atoms with Gasteiger partial charge in [-0.15, -0.1) is 0 Å². The lowest BCUT2D eigenvalue weighted by molar-refractivity contribution is -0.118. The summed E-state index contributed by atoms with van der Waals surface area (Å²) < 4.78 is 1.13. The van der Waals surface area contributed by atoms with Gasteiger partial charge in [0.1, 0.15) is 0 Å². The van der Waals surface area contributed by atoms with E-state index >= 15 is 0 Å². The average Bonchev–Trinajstić information content (AvgIpc) is 3.27. The largest absolute Gasteiger partial charge is 0.283 e. The fourth-order valence-electron chi connectivity index (χ4n) is 3.92. The van der Waals surface area contributed by atoms with Gasteiger partial charge in [-0.1, -0.05) is 72.0 Å². The van der Waals surface area contributed by atoms with E-state index in [0.717, 1.165) is 37.4 Å². The van der Waals surface area contributed by atoms with Gasteiger partial charge in [-0.05, 0) is 52.9 Å². The van der Waals surface area contributed by atoms with Crippen LogP contribution in [-0.2, 0) is 17.8 Å². The molecule has 32 heavy (non-hydrogen) atoms. The Morgan fingerprint density at radius 2 is 1.72 bits per heavy atom. The van der Waals surface area contributed by atoms with Crippen molar-refractivity contribution in [3.05, 3.63) is 101 Å². The molecule has 0 atom stereocenters. The molecule has 0 aliphatic carbocycles. The molecule has 2 aromatic heterocycles. The van der Waals surface area contributed by atoms with E-state index in [-0.39, 0.29) is 5.91 Å². The van der Waals surface area contributed by atoms with Crippen LogP contribution in [0.25, 0.3) is 21.0 Å². The molecule has 5 heteroatoms. The third kappa shape index (κ3) is 3.99. The molecule has 1 amide bonds. The highest BCUT2D eigenvalue weighted by Gasteiger charge is 2.22. The van der Waals surface area contributed by atoms with Crippen molar-refractivity contribution in [2.75, 3.05) is 4.90 Å². The third-order valence-corrected chi connectivity index (χ3v) is 6.91. The highest BCUT2D eigenvalue weighted by atomic mass is 32.1. The molecule has 2 heterocycles. The lowest BCUT2D eigenvalue weighted by atomic mass is 10.0. The Kier molecular flexibility index (Phi) is 5.41. The fourth-order valence-corrected chi connectivity index (χ4v) is 5.05. The first-order valence-electron chi connectivity index (χ1n) is 10.6. The first-order valence-corrected chi connectivity index (χ1v) is 11.4. The van der Waals surface area contributed by atoms with Crippen LogP contribution in [-0.4, -0.2) is 15.9 Å². The van der Waals surface area contributed by atoms with Crippen LogP contribution in [0.3, 0.4) is 0 Å². The number of aryl methyl sites for hydroxylation is 2. The van der Waals surface area contributed by atoms with Crippen LogP contribution in [0.15, 0.2) is 79.1 Å². The number of fused-ring (bicyclic) bond motifs is 2. The van der Waals surface area contributed by atoms with Crippen LogP contribution in [0.4, 0.5) is 5.13 Å². The Morgan fingerprint density at radius 1 is 0.906 bits per heavy atom. The molecule has 0 aliphatic heterocycles. The Hall–Kier alpha value is -3.57. The molecule has 5 aromatic rings. The summed E-state index contributed by atoms with van der Waals surface area (Å²) in [6, 6.07) is 22.5. The molecule has 0 radical (unpaired) electrons. The number of hydrogen-bond acceptors (Lipinski definition) is 4. The van der Waals surface area contributed by atoms with Gasteiger partial charge in [0.05, 0.1) is 23.2 Å². The van der Waals surface area contributed by atoms with Crippen molar-refractivity contribution in [3.63, 3.8) is 0 Å². The lowest BCUT2D eigenvalue weighted by Gasteiger charge is -2.20. The Labute approximate surface area is 191 Å². The van der Waals surface area contributed by atoms with Crippen molar-refractivity contribution < 1.29 is 4.79 Å². The molecule has 0 N–H and O–H groups in total. The first kappa shape index (κ1) is 20.3. The molecule has 0 saturated carbocycles. The Bertz CT molecular complexity index is 1390. The molecule has 0 unspecified atom stereocenters. The van der Waals surface area contributed by atoms with Gasteiger partial charge < -0.3 is 0 Å². The standard InChI is InChI=1S/C27H23N3OS/c1-18-9-10-19(2)26-25(18)29-27(32-26)30(17-21-6-5-13-28-16-21)24(31)15-20-11-12-22-7-3-4-8-23(22)14-20/h3-14,16H,15,17H2,1-2H3. The van der Waals surface area contributed by atoms with E-state index in [4.69, 9.17) is 4.98 Å². The van der Waals surface area contributed by atoms with Gasteiger partial charge in [0.15, 0.2) is 5.13 Å². The van der Waals surface area contributed by atoms with Gasteiger partial charge in [0, 0.05) is 12.4 Å². The van der Waals surface area contributed by atoms with E-state index in [9.17, 15) is 4.79 Å². The number of hydrogen-bond donors (Lipinski definition) is 0. The molecular weight excluding hydrogens is 414 g/mol. The zero-order valence-electron chi connectivity index (χ0n) is 18.1. The van der Waals surface area contributed by atoms with Gasteiger partial charge in [-0.25, -0.2) is 4.98 Å². The summed E-state index contributed by atoms with van der Waals surface area (Å²) in [5.74, 6) is 0.0264. The number of carbonyl (C=O) groups is 1. The van der Waals surface area contributed by atoms with Crippen molar-refractivity contribution in [1.82, 2.24) is 9.97 Å². The fraction of sp³-hybridized carbons (Fsp3) is 0.148. The summed E-state index contributed by atoms with van der Waals surface area (Å²) in [5, 5.41) is 3.04. The number of rotatable bonds is 5. The number of pyridine rings is 1. The molecule has 0 aliphatic rings. The van der Waals surface area contributed by atoms with Crippen LogP contribution in [0, 0.1) is 13.8 Å². The Balaban J connectivity index is 1.52. The topological polar surface area (TPSA) is 46.1 Å². The minimum absolute atomic E-state index is 0.0264. The maximum atomic E-state index is 13.6. The highest BCUT2D eigenvalue weighted by molar-refractivity contribution is 7.22. The van der Waals surface area contributed by atoms with E-state index in [2.05, 4.69) is 55.2 Å². The van der Waals surface area contributed by atoms with Gasteiger partial charge in [0.25, 0.3) is 0 Å². The number of thiazole rings is 1. The van der Waals surface area contributed by atoms with Crippen molar-refractivity contribution in [2.45, 2.75) is 26.8 Å². The summed E-state index contributed by atoms with van der Waals surface area (Å²) in [7, 11) is 0. The number of benzene rings is 3. The summed E-state index contributed by atoms with van der Waals surface area (Å²) >= 11 is 1.58. The van der Waals surface area contributed by atoms with Crippen molar-refractivity contribution in [3.8, 4) is 0 Å². The molecule has 158 valence electrons. The zero-order valence-corrected chi connectivity index (χ0v) is 18.9. The predicted molar refractivity (Wildman–Crippen MR) is 132 cm³/mol. The monoisotopic (exact) mass is 437 g/mol. The van der Waals surface area contributed by atoms with E-state index in [1.807, 2.05) is 30.3 Å². The normalized spacial score (nSPS) is 11.2. The molecule has 3 aromatic carbocycles. The van der Waals surface area contributed by atoms with E-state index in [1.54, 1.807) is 28.6 Å². The third-order valence-electron chi connectivity index (χ3n) is 5.70. The predicted octanol–water partition coefficient (Wildman–Crippen LogP) is 6.24. The van der Waals surface area contributed by atoms with Gasteiger partial charge in [-0.3, -0.25) is 14.7 Å². The molecule has 0 spiro atoms. The van der Waals surface area contributed by atoms with Crippen molar-refractivity contribution in [2.24, 2.45) is 0 Å². The van der Waals surface area contributed by atoms with Gasteiger partial charge >= 0.3 is 0 Å². The second-order valence-corrected chi connectivity index (χ2v) is 9.05. The van der Waals surface area contributed by atoms with Crippen LogP contribution in [0.5, 0.6) is 0 Å². The number of carbonyl (C=O) groups excluding carboxylic acids is 1. The smallest absolute Gasteiger partial charge is 0.233 e. The van der Waals surface area contributed by atoms with Crippen LogP contribution in [0.1, 0.15) is 22.3 Å². The van der Waals surface area contributed by atoms with Crippen LogP contribution >= 0.6 is 11.3 Å². The average molecular weight is 438 g/mol. The van der Waals surface area contributed by atoms with Crippen molar-refractivity contribution >= 4 is 43.4 Å². The molecular formula is C27H23N3OS. The number of aromatic nitrogens is 2. The zero-order chi connectivity index (χ0) is 22.1. The molecule has 0 bridgehead atoms.